The average molecular weight is 486 g/mol. The van der Waals surface area contributed by atoms with Crippen molar-refractivity contribution in [3.8, 4) is 23.0 Å². The van der Waals surface area contributed by atoms with E-state index >= 15 is 0 Å². The summed E-state index contributed by atoms with van der Waals surface area (Å²) in [7, 11) is 4.83. The number of benzene rings is 1. The van der Waals surface area contributed by atoms with E-state index in [1.807, 2.05) is 0 Å². The number of alkyl halides is 3. The Balaban J connectivity index is 1.68. The summed E-state index contributed by atoms with van der Waals surface area (Å²) in [5, 5.41) is 15.7. The van der Waals surface area contributed by atoms with E-state index in [1.54, 1.807) is 29.6 Å². The van der Waals surface area contributed by atoms with Gasteiger partial charge in [0.2, 0.25) is 11.8 Å². The molecule has 0 saturated heterocycles. The molecule has 1 N–H and O–H groups in total. The van der Waals surface area contributed by atoms with Crippen LogP contribution >= 0.6 is 11.8 Å². The number of hydrogen-bond acceptors (Lipinski definition) is 8. The van der Waals surface area contributed by atoms with E-state index < -0.39 is 6.36 Å². The molecule has 0 fully saturated rings. The number of ether oxygens (including phenoxy) is 3. The quantitative estimate of drug-likeness (QED) is 0.436. The number of aromatic nitrogens is 5. The first-order chi connectivity index (χ1) is 15.7. The lowest BCUT2D eigenvalue weighted by Crippen LogP contribution is -2.17. The molecule has 0 radical (unpaired) electrons. The number of aryl methyl sites for hydroxylation is 1. The maximum absolute atomic E-state index is 12.3. The van der Waals surface area contributed by atoms with E-state index in [0.29, 0.717) is 41.3 Å². The number of carbonyl (C=O) groups is 1. The van der Waals surface area contributed by atoms with Crippen molar-refractivity contribution in [3.63, 3.8) is 0 Å². The summed E-state index contributed by atoms with van der Waals surface area (Å²) in [6.07, 6.45) is -3.03. The Morgan fingerprint density at radius 1 is 1.18 bits per heavy atom. The van der Waals surface area contributed by atoms with Crippen LogP contribution in [-0.2, 0) is 23.1 Å². The number of carbonyl (C=O) groups excluding carboxylic acids is 1. The second-order valence-corrected chi connectivity index (χ2v) is 7.53. The molecule has 33 heavy (non-hydrogen) atoms. The van der Waals surface area contributed by atoms with E-state index in [0.717, 1.165) is 23.9 Å². The minimum atomic E-state index is -4.78. The SMILES string of the molecule is COCCn1c(SCC(=O)Nc2ccc(OC(F)(F)F)cc2)nnc1-c1cn(C)nc1OC. The van der Waals surface area contributed by atoms with Crippen molar-refractivity contribution in [3.05, 3.63) is 30.5 Å². The van der Waals surface area contributed by atoms with Crippen LogP contribution in [0, 0.1) is 0 Å². The molecule has 3 rings (SSSR count). The lowest BCUT2D eigenvalue weighted by Gasteiger charge is -2.10. The molecule has 0 atom stereocenters. The predicted molar refractivity (Wildman–Crippen MR) is 113 cm³/mol. The Kier molecular flexibility index (Phi) is 7.81. The third-order valence-electron chi connectivity index (χ3n) is 4.17. The Hall–Kier alpha value is -3.26. The predicted octanol–water partition coefficient (Wildman–Crippen LogP) is 2.96. The normalized spacial score (nSPS) is 11.5. The smallest absolute Gasteiger partial charge is 0.479 e. The molecule has 2 heterocycles. The Bertz CT molecular complexity index is 1080. The van der Waals surface area contributed by atoms with Crippen molar-refractivity contribution in [2.75, 3.05) is 31.9 Å². The van der Waals surface area contributed by atoms with Gasteiger partial charge in [-0.1, -0.05) is 11.8 Å². The van der Waals surface area contributed by atoms with Crippen LogP contribution in [0.5, 0.6) is 11.6 Å². The largest absolute Gasteiger partial charge is 0.573 e. The minimum Gasteiger partial charge on any atom is -0.479 e. The van der Waals surface area contributed by atoms with Crippen LogP contribution in [0.2, 0.25) is 0 Å². The molecule has 0 aliphatic rings. The highest BCUT2D eigenvalue weighted by molar-refractivity contribution is 7.99. The monoisotopic (exact) mass is 486 g/mol. The molecule has 0 bridgehead atoms. The van der Waals surface area contributed by atoms with E-state index in [9.17, 15) is 18.0 Å². The fraction of sp³-hybridized carbons (Fsp3) is 0.368. The van der Waals surface area contributed by atoms with Gasteiger partial charge in [0, 0.05) is 26.0 Å². The molecule has 1 amide bonds. The molecule has 178 valence electrons. The number of rotatable bonds is 10. The summed E-state index contributed by atoms with van der Waals surface area (Å²) in [5.74, 6) is 0.151. The van der Waals surface area contributed by atoms with E-state index in [4.69, 9.17) is 9.47 Å². The van der Waals surface area contributed by atoms with Gasteiger partial charge < -0.3 is 19.5 Å². The highest BCUT2D eigenvalue weighted by atomic mass is 32.2. The zero-order valence-corrected chi connectivity index (χ0v) is 18.7. The van der Waals surface area contributed by atoms with Crippen molar-refractivity contribution in [1.29, 1.82) is 0 Å². The van der Waals surface area contributed by atoms with Crippen molar-refractivity contribution in [1.82, 2.24) is 24.5 Å². The van der Waals surface area contributed by atoms with Crippen LogP contribution in [0.4, 0.5) is 18.9 Å². The van der Waals surface area contributed by atoms with Crippen molar-refractivity contribution in [2.45, 2.75) is 18.1 Å². The first-order valence-corrected chi connectivity index (χ1v) is 10.5. The molecular weight excluding hydrogens is 465 g/mol. The number of anilines is 1. The zero-order chi connectivity index (χ0) is 24.0. The molecule has 0 aliphatic carbocycles. The zero-order valence-electron chi connectivity index (χ0n) is 17.9. The maximum Gasteiger partial charge on any atom is 0.573 e. The van der Waals surface area contributed by atoms with Gasteiger partial charge in [-0.2, -0.15) is 0 Å². The lowest BCUT2D eigenvalue weighted by molar-refractivity contribution is -0.274. The van der Waals surface area contributed by atoms with Crippen molar-refractivity contribution < 1.29 is 32.2 Å². The van der Waals surface area contributed by atoms with Crippen LogP contribution in [0.3, 0.4) is 0 Å². The topological polar surface area (TPSA) is 105 Å². The molecule has 0 aliphatic heterocycles. The summed E-state index contributed by atoms with van der Waals surface area (Å²) in [6, 6.07) is 4.87. The molecule has 14 heteroatoms. The number of halogens is 3. The third-order valence-corrected chi connectivity index (χ3v) is 5.14. The third kappa shape index (κ3) is 6.61. The van der Waals surface area contributed by atoms with Gasteiger partial charge in [-0.15, -0.1) is 28.5 Å². The van der Waals surface area contributed by atoms with Crippen LogP contribution in [0.15, 0.2) is 35.6 Å². The first-order valence-electron chi connectivity index (χ1n) is 9.48. The summed E-state index contributed by atoms with van der Waals surface area (Å²) >= 11 is 1.15. The second kappa shape index (κ2) is 10.6. The number of hydrogen-bond donors (Lipinski definition) is 1. The number of methoxy groups -OCH3 is 2. The minimum absolute atomic E-state index is 0.00388. The molecule has 3 aromatic rings. The fourth-order valence-electron chi connectivity index (χ4n) is 2.82. The fourth-order valence-corrected chi connectivity index (χ4v) is 3.58. The highest BCUT2D eigenvalue weighted by Gasteiger charge is 2.31. The number of amides is 1. The standard InChI is InChI=1S/C19H21F3N6O4S/c1-27-10-14(17(26-27)31-3)16-24-25-18(28(16)8-9-30-2)33-11-15(29)23-12-4-6-13(7-5-12)32-19(20,21)22/h4-7,10H,8-9,11H2,1-3H3,(H,23,29). The van der Waals surface area contributed by atoms with Gasteiger partial charge >= 0.3 is 6.36 Å². The van der Waals surface area contributed by atoms with Gasteiger partial charge in [-0.25, -0.2) is 0 Å². The summed E-state index contributed by atoms with van der Waals surface area (Å²) in [5.41, 5.74) is 0.970. The molecule has 10 nitrogen and oxygen atoms in total. The molecule has 0 spiro atoms. The summed E-state index contributed by atoms with van der Waals surface area (Å²) < 4.78 is 54.4. The van der Waals surface area contributed by atoms with Gasteiger partial charge in [0.05, 0.1) is 26.0 Å². The molecule has 2 aromatic heterocycles. The van der Waals surface area contributed by atoms with E-state index in [-0.39, 0.29) is 17.4 Å². The summed E-state index contributed by atoms with van der Waals surface area (Å²) in [4.78, 5) is 12.3. The molecule has 0 saturated carbocycles. The number of thioether (sulfide) groups is 1. The molecular formula is C19H21F3N6O4S. The Morgan fingerprint density at radius 2 is 1.91 bits per heavy atom. The number of nitrogens with zero attached hydrogens (tertiary/aromatic N) is 5. The van der Waals surface area contributed by atoms with Crippen LogP contribution in [-0.4, -0.2) is 63.4 Å². The summed E-state index contributed by atoms with van der Waals surface area (Å²) in [6.45, 7) is 0.821. The van der Waals surface area contributed by atoms with Gasteiger partial charge in [0.15, 0.2) is 11.0 Å². The Labute approximate surface area is 191 Å². The van der Waals surface area contributed by atoms with E-state index in [1.165, 1.54) is 19.2 Å². The van der Waals surface area contributed by atoms with Gasteiger partial charge in [0.25, 0.3) is 0 Å². The van der Waals surface area contributed by atoms with Crippen molar-refractivity contribution >= 4 is 23.4 Å². The van der Waals surface area contributed by atoms with E-state index in [2.05, 4.69) is 25.3 Å². The molecule has 0 unspecified atom stereocenters. The molecule has 1 aromatic carbocycles. The Morgan fingerprint density at radius 3 is 2.55 bits per heavy atom. The van der Waals surface area contributed by atoms with Crippen LogP contribution < -0.4 is 14.8 Å². The van der Waals surface area contributed by atoms with Crippen molar-refractivity contribution in [2.24, 2.45) is 7.05 Å². The van der Waals surface area contributed by atoms with Crippen LogP contribution in [0.1, 0.15) is 0 Å². The lowest BCUT2D eigenvalue weighted by atomic mass is 10.3. The van der Waals surface area contributed by atoms with Gasteiger partial charge in [-0.3, -0.25) is 14.0 Å². The number of nitrogens with one attached hydrogen (secondary N) is 1. The second-order valence-electron chi connectivity index (χ2n) is 6.59. The van der Waals surface area contributed by atoms with Gasteiger partial charge in [0.1, 0.15) is 11.3 Å². The first kappa shape index (κ1) is 24.4. The highest BCUT2D eigenvalue weighted by Crippen LogP contribution is 2.30. The average Bonchev–Trinajstić information content (AvgIpc) is 3.33. The maximum atomic E-state index is 12.3. The van der Waals surface area contributed by atoms with Gasteiger partial charge in [-0.05, 0) is 24.3 Å². The van der Waals surface area contributed by atoms with Crippen LogP contribution in [0.25, 0.3) is 11.4 Å².